The van der Waals surface area contributed by atoms with Gasteiger partial charge in [0, 0.05) is 6.42 Å². The molecule has 0 amide bonds. The smallest absolute Gasteiger partial charge is 0.357 e. The van der Waals surface area contributed by atoms with Gasteiger partial charge in [-0.25, -0.2) is 0 Å². The van der Waals surface area contributed by atoms with Gasteiger partial charge in [0.25, 0.3) is 0 Å². The van der Waals surface area contributed by atoms with Crippen molar-refractivity contribution in [2.75, 3.05) is 0 Å². The van der Waals surface area contributed by atoms with Crippen LogP contribution < -0.4 is 0 Å². The fourth-order valence-electron chi connectivity index (χ4n) is 0.513. The molecule has 0 atom stereocenters. The summed E-state index contributed by atoms with van der Waals surface area (Å²) in [6.45, 7) is 0. The monoisotopic (exact) mass is 242 g/mol. The van der Waals surface area contributed by atoms with Crippen LogP contribution in [0, 0.1) is 0 Å². The topological polar surface area (TPSA) is 37.3 Å². The maximum atomic E-state index is 12.2. The summed E-state index contributed by atoms with van der Waals surface area (Å²) in [4.78, 5) is 9.77. The highest BCUT2D eigenvalue weighted by Crippen LogP contribution is 2.47. The minimum Gasteiger partial charge on any atom is -0.376 e. The van der Waals surface area contributed by atoms with Crippen LogP contribution in [0.4, 0.5) is 17.6 Å². The van der Waals surface area contributed by atoms with Gasteiger partial charge in [-0.3, -0.25) is 0 Å². The third kappa shape index (κ3) is 2.45. The van der Waals surface area contributed by atoms with Gasteiger partial charge in [0.1, 0.15) is 6.29 Å². The van der Waals surface area contributed by atoms with Crippen LogP contribution in [0.2, 0.25) is 0 Å². The number of carbonyl (C=O) groups is 1. The first-order valence-electron chi connectivity index (χ1n) is 2.86. The molecule has 0 spiro atoms. The summed E-state index contributed by atoms with van der Waals surface area (Å²) in [5, 5.41) is -0.701. The first-order chi connectivity index (χ1) is 5.56. The second kappa shape index (κ2) is 3.59. The van der Waals surface area contributed by atoms with Crippen molar-refractivity contribution in [3.63, 3.8) is 0 Å². The third-order valence-corrected chi connectivity index (χ3v) is 1.94. The van der Waals surface area contributed by atoms with Crippen molar-refractivity contribution < 1.29 is 27.5 Å². The molecule has 0 aliphatic rings. The van der Waals surface area contributed by atoms with Gasteiger partial charge in [-0.1, -0.05) is 0 Å². The summed E-state index contributed by atoms with van der Waals surface area (Å²) < 4.78 is 49.0. The molecule has 0 heterocycles. The number of carbonyl (C=O) groups excluding carboxylic acids is 1. The van der Waals surface area contributed by atoms with Crippen LogP contribution in [-0.2, 0) is 4.79 Å². The molecule has 13 heavy (non-hydrogen) atoms. The van der Waals surface area contributed by atoms with Crippen LogP contribution in [0.3, 0.4) is 0 Å². The molecule has 78 valence electrons. The van der Waals surface area contributed by atoms with Crippen LogP contribution in [0.25, 0.3) is 0 Å². The molecule has 0 saturated heterocycles. The average molecular weight is 243 g/mol. The Bertz CT molecular complexity index is 184. The maximum absolute atomic E-state index is 12.2. The summed E-state index contributed by atoms with van der Waals surface area (Å²) in [5.74, 6) is 0. The lowest BCUT2D eigenvalue weighted by Crippen LogP contribution is -2.55. The Morgan fingerprint density at radius 2 is 1.46 bits per heavy atom. The molecule has 0 bridgehead atoms. The minimum absolute atomic E-state index is 0.327. The van der Waals surface area contributed by atoms with E-state index >= 15 is 0 Å². The number of rotatable bonds is 4. The summed E-state index contributed by atoms with van der Waals surface area (Å²) in [5.41, 5.74) is -4.08. The van der Waals surface area contributed by atoms with Crippen molar-refractivity contribution in [3.05, 3.63) is 0 Å². The number of alkyl halides is 6. The van der Waals surface area contributed by atoms with Gasteiger partial charge in [-0.15, -0.1) is 0 Å². The highest BCUT2D eigenvalue weighted by atomic mass is 35.5. The third-order valence-electron chi connectivity index (χ3n) is 1.32. The molecule has 0 unspecified atom stereocenters. The van der Waals surface area contributed by atoms with E-state index in [0.29, 0.717) is 0 Å². The van der Waals surface area contributed by atoms with E-state index in [4.69, 9.17) is 5.11 Å². The fourth-order valence-corrected chi connectivity index (χ4v) is 0.953. The standard InChI is InChI=1S/C5H4Cl2F4O2/c6-4(8,9)3(13,1-2-12)5(7,10)11/h2,13H,1H2. The zero-order valence-electron chi connectivity index (χ0n) is 5.91. The van der Waals surface area contributed by atoms with E-state index in [9.17, 15) is 22.4 Å². The van der Waals surface area contributed by atoms with E-state index < -0.39 is 22.8 Å². The molecule has 0 aromatic heterocycles. The predicted molar refractivity (Wildman–Crippen MR) is 37.2 cm³/mol. The van der Waals surface area contributed by atoms with Crippen LogP contribution in [-0.4, -0.2) is 27.8 Å². The molecule has 0 aliphatic heterocycles. The quantitative estimate of drug-likeness (QED) is 0.465. The number of aliphatic hydroxyl groups is 1. The highest BCUT2D eigenvalue weighted by molar-refractivity contribution is 6.26. The van der Waals surface area contributed by atoms with Crippen LogP contribution in [0.1, 0.15) is 6.42 Å². The average Bonchev–Trinajstić information content (AvgIpc) is 1.82. The molecule has 0 radical (unpaired) electrons. The first-order valence-corrected chi connectivity index (χ1v) is 3.61. The number of hydrogen-bond acceptors (Lipinski definition) is 2. The van der Waals surface area contributed by atoms with Crippen LogP contribution >= 0.6 is 23.2 Å². The lowest BCUT2D eigenvalue weighted by molar-refractivity contribution is -0.217. The summed E-state index contributed by atoms with van der Waals surface area (Å²) in [6.07, 6.45) is -1.90. The zero-order chi connectivity index (χ0) is 10.9. The molecule has 0 aliphatic carbocycles. The molecule has 1 N–H and O–H groups in total. The number of aldehydes is 1. The van der Waals surface area contributed by atoms with Gasteiger partial charge < -0.3 is 9.90 Å². The van der Waals surface area contributed by atoms with Crippen molar-refractivity contribution in [2.24, 2.45) is 0 Å². The van der Waals surface area contributed by atoms with Gasteiger partial charge in [0.2, 0.25) is 5.60 Å². The SMILES string of the molecule is O=CCC(O)(C(F)(F)Cl)C(F)(F)Cl. The van der Waals surface area contributed by atoms with E-state index in [1.54, 1.807) is 0 Å². The van der Waals surface area contributed by atoms with Crippen LogP contribution in [0.15, 0.2) is 0 Å². The molecule has 0 fully saturated rings. The predicted octanol–water partition coefficient (Wildman–Crippen LogP) is 1.97. The van der Waals surface area contributed by atoms with Gasteiger partial charge in [0.15, 0.2) is 0 Å². The van der Waals surface area contributed by atoms with Crippen molar-refractivity contribution in [2.45, 2.75) is 22.8 Å². The van der Waals surface area contributed by atoms with Crippen LogP contribution in [0.5, 0.6) is 0 Å². The molecule has 0 rings (SSSR count). The van der Waals surface area contributed by atoms with Crippen molar-refractivity contribution >= 4 is 29.5 Å². The Balaban J connectivity index is 5.07. The molecule has 0 saturated carbocycles. The lowest BCUT2D eigenvalue weighted by atomic mass is 10.0. The van der Waals surface area contributed by atoms with Gasteiger partial charge >= 0.3 is 10.8 Å². The lowest BCUT2D eigenvalue weighted by Gasteiger charge is -2.33. The molecule has 8 heteroatoms. The second-order valence-corrected chi connectivity index (χ2v) is 3.18. The Kier molecular flexibility index (Phi) is 3.57. The van der Waals surface area contributed by atoms with E-state index in [2.05, 4.69) is 23.2 Å². The highest BCUT2D eigenvalue weighted by Gasteiger charge is 2.66. The molecule has 0 aromatic carbocycles. The Labute approximate surface area is 80.4 Å². The van der Waals surface area contributed by atoms with E-state index in [-0.39, 0.29) is 6.29 Å². The fraction of sp³-hybridized carbons (Fsp3) is 0.800. The normalized spacial score (nSPS) is 14.4. The van der Waals surface area contributed by atoms with E-state index in [1.807, 2.05) is 0 Å². The Hall–Kier alpha value is -0.0700. The summed E-state index contributed by atoms with van der Waals surface area (Å²) >= 11 is 8.39. The number of hydrogen-bond donors (Lipinski definition) is 1. The van der Waals surface area contributed by atoms with Gasteiger partial charge in [-0.2, -0.15) is 17.6 Å². The number of halogens is 6. The zero-order valence-corrected chi connectivity index (χ0v) is 7.42. The molecular formula is C5H4Cl2F4O2. The Morgan fingerprint density at radius 1 is 1.15 bits per heavy atom. The summed E-state index contributed by atoms with van der Waals surface area (Å²) in [6, 6.07) is 0. The first kappa shape index (κ1) is 12.9. The Morgan fingerprint density at radius 3 is 1.54 bits per heavy atom. The van der Waals surface area contributed by atoms with Gasteiger partial charge in [0.05, 0.1) is 0 Å². The van der Waals surface area contributed by atoms with Crippen molar-refractivity contribution in [3.8, 4) is 0 Å². The maximum Gasteiger partial charge on any atom is 0.357 e. The second-order valence-electron chi connectivity index (χ2n) is 2.23. The van der Waals surface area contributed by atoms with E-state index in [1.165, 1.54) is 0 Å². The van der Waals surface area contributed by atoms with Crippen molar-refractivity contribution in [1.82, 2.24) is 0 Å². The van der Waals surface area contributed by atoms with Gasteiger partial charge in [-0.05, 0) is 23.2 Å². The molecule has 2 nitrogen and oxygen atoms in total. The molecule has 0 aromatic rings. The molecular weight excluding hydrogens is 239 g/mol. The summed E-state index contributed by atoms with van der Waals surface area (Å²) in [7, 11) is 0. The van der Waals surface area contributed by atoms with E-state index in [0.717, 1.165) is 0 Å². The van der Waals surface area contributed by atoms with Crippen molar-refractivity contribution in [1.29, 1.82) is 0 Å². The minimum atomic E-state index is -4.70. The largest absolute Gasteiger partial charge is 0.376 e.